The van der Waals surface area contributed by atoms with Crippen molar-refractivity contribution in [1.82, 2.24) is 0 Å². The van der Waals surface area contributed by atoms with Gasteiger partial charge >= 0.3 is 0 Å². The Bertz CT molecular complexity index is 452. The molecule has 0 saturated carbocycles. The molecule has 1 atom stereocenters. The second-order valence-corrected chi connectivity index (χ2v) is 7.05. The largest absolute Gasteiger partial charge is 0.323 e. The fourth-order valence-corrected chi connectivity index (χ4v) is 4.08. The molecule has 2 rings (SSSR count). The van der Waals surface area contributed by atoms with E-state index >= 15 is 0 Å². The van der Waals surface area contributed by atoms with Gasteiger partial charge in [0.1, 0.15) is 0 Å². The Labute approximate surface area is 110 Å². The molecule has 0 fully saturated rings. The van der Waals surface area contributed by atoms with Gasteiger partial charge in [0.2, 0.25) is 0 Å². The van der Waals surface area contributed by atoms with E-state index in [4.69, 9.17) is 17.3 Å². The first kappa shape index (κ1) is 11.6. The molecule has 15 heavy (non-hydrogen) atoms. The fourth-order valence-electron chi connectivity index (χ4n) is 1.34. The van der Waals surface area contributed by atoms with Crippen molar-refractivity contribution in [3.05, 3.63) is 42.1 Å². The van der Waals surface area contributed by atoms with E-state index in [2.05, 4.69) is 22.0 Å². The molecule has 0 amide bonds. The molecule has 0 bridgehead atoms. The molecule has 2 aromatic rings. The standard InChI is InChI=1S/C10H9BrClNS2/c11-9-2-1-6(15-9)5-8(13)10-7(12)3-4-14-10/h1-4,8H,5,13H2. The highest BCUT2D eigenvalue weighted by atomic mass is 79.9. The van der Waals surface area contributed by atoms with Gasteiger partial charge in [-0.2, -0.15) is 0 Å². The summed E-state index contributed by atoms with van der Waals surface area (Å²) in [6, 6.07) is 6.04. The molecular weight excluding hydrogens is 314 g/mol. The number of halogens is 2. The summed E-state index contributed by atoms with van der Waals surface area (Å²) in [5.41, 5.74) is 6.10. The average Bonchev–Trinajstić information content (AvgIpc) is 2.75. The van der Waals surface area contributed by atoms with Crippen LogP contribution in [0.3, 0.4) is 0 Å². The Balaban J connectivity index is 2.10. The van der Waals surface area contributed by atoms with Gasteiger partial charge in [0, 0.05) is 22.2 Å². The third-order valence-corrected chi connectivity index (χ3v) is 5.17. The van der Waals surface area contributed by atoms with Gasteiger partial charge in [-0.15, -0.1) is 22.7 Å². The molecule has 80 valence electrons. The first-order valence-electron chi connectivity index (χ1n) is 4.39. The van der Waals surface area contributed by atoms with Gasteiger partial charge < -0.3 is 5.73 Å². The van der Waals surface area contributed by atoms with Crippen LogP contribution in [0.4, 0.5) is 0 Å². The van der Waals surface area contributed by atoms with Crippen molar-refractivity contribution in [2.24, 2.45) is 5.73 Å². The lowest BCUT2D eigenvalue weighted by molar-refractivity contribution is 0.745. The van der Waals surface area contributed by atoms with E-state index in [9.17, 15) is 0 Å². The Kier molecular flexibility index (Phi) is 3.85. The summed E-state index contributed by atoms with van der Waals surface area (Å²) in [6.07, 6.45) is 0.844. The monoisotopic (exact) mass is 321 g/mol. The summed E-state index contributed by atoms with van der Waals surface area (Å²) < 4.78 is 1.14. The van der Waals surface area contributed by atoms with Crippen molar-refractivity contribution >= 4 is 50.2 Å². The fraction of sp³-hybridized carbons (Fsp3) is 0.200. The van der Waals surface area contributed by atoms with Crippen LogP contribution in [-0.4, -0.2) is 0 Å². The number of rotatable bonds is 3. The molecular formula is C10H9BrClNS2. The highest BCUT2D eigenvalue weighted by Crippen LogP contribution is 2.31. The molecule has 0 saturated heterocycles. The lowest BCUT2D eigenvalue weighted by atomic mass is 10.1. The van der Waals surface area contributed by atoms with Gasteiger partial charge in [0.25, 0.3) is 0 Å². The number of thiophene rings is 2. The lowest BCUT2D eigenvalue weighted by Crippen LogP contribution is -2.11. The van der Waals surface area contributed by atoms with Crippen LogP contribution in [0, 0.1) is 0 Å². The predicted octanol–water partition coefficient (Wildman–Crippen LogP) is 4.47. The van der Waals surface area contributed by atoms with Gasteiger partial charge in [-0.05, 0) is 39.5 Å². The topological polar surface area (TPSA) is 26.0 Å². The van der Waals surface area contributed by atoms with Crippen LogP contribution in [0.2, 0.25) is 5.02 Å². The van der Waals surface area contributed by atoms with Gasteiger partial charge in [-0.1, -0.05) is 11.6 Å². The zero-order valence-corrected chi connectivity index (χ0v) is 11.7. The van der Waals surface area contributed by atoms with E-state index in [0.717, 1.165) is 20.1 Å². The van der Waals surface area contributed by atoms with Crippen molar-refractivity contribution in [1.29, 1.82) is 0 Å². The zero-order valence-electron chi connectivity index (χ0n) is 7.74. The van der Waals surface area contributed by atoms with Gasteiger partial charge in [0.15, 0.2) is 0 Å². The Morgan fingerprint density at radius 3 is 2.73 bits per heavy atom. The van der Waals surface area contributed by atoms with E-state index in [0.29, 0.717) is 0 Å². The second-order valence-electron chi connectivity index (χ2n) is 3.15. The van der Waals surface area contributed by atoms with Crippen molar-refractivity contribution in [2.75, 3.05) is 0 Å². The summed E-state index contributed by atoms with van der Waals surface area (Å²) in [4.78, 5) is 2.35. The molecule has 2 N–H and O–H groups in total. The summed E-state index contributed by atoms with van der Waals surface area (Å²) >= 11 is 12.8. The van der Waals surface area contributed by atoms with Crippen LogP contribution in [0.25, 0.3) is 0 Å². The maximum Gasteiger partial charge on any atom is 0.0701 e. The summed E-state index contributed by atoms with van der Waals surface area (Å²) in [7, 11) is 0. The molecule has 5 heteroatoms. The molecule has 1 unspecified atom stereocenters. The van der Waals surface area contributed by atoms with Crippen molar-refractivity contribution in [3.63, 3.8) is 0 Å². The van der Waals surface area contributed by atoms with Crippen LogP contribution in [-0.2, 0) is 6.42 Å². The molecule has 0 radical (unpaired) electrons. The van der Waals surface area contributed by atoms with Crippen LogP contribution >= 0.6 is 50.2 Å². The summed E-state index contributed by atoms with van der Waals surface area (Å²) in [6.45, 7) is 0. The van der Waals surface area contributed by atoms with Crippen LogP contribution in [0.1, 0.15) is 15.8 Å². The maximum atomic E-state index is 6.10. The van der Waals surface area contributed by atoms with Crippen LogP contribution in [0.15, 0.2) is 27.4 Å². The first-order valence-corrected chi connectivity index (χ1v) is 7.26. The maximum absolute atomic E-state index is 6.10. The normalized spacial score (nSPS) is 13.0. The average molecular weight is 323 g/mol. The Morgan fingerprint density at radius 1 is 1.40 bits per heavy atom. The smallest absolute Gasteiger partial charge is 0.0701 e. The van der Waals surface area contributed by atoms with E-state index in [1.165, 1.54) is 4.88 Å². The van der Waals surface area contributed by atoms with Gasteiger partial charge in [-0.25, -0.2) is 0 Å². The Hall–Kier alpha value is 0.130. The molecule has 2 aromatic heterocycles. The summed E-state index contributed by atoms with van der Waals surface area (Å²) in [5, 5.41) is 2.75. The third kappa shape index (κ3) is 2.82. The van der Waals surface area contributed by atoms with Crippen LogP contribution in [0.5, 0.6) is 0 Å². The van der Waals surface area contributed by atoms with Crippen molar-refractivity contribution in [2.45, 2.75) is 12.5 Å². The number of nitrogens with two attached hydrogens (primary N) is 1. The number of hydrogen-bond acceptors (Lipinski definition) is 3. The molecule has 0 aromatic carbocycles. The third-order valence-electron chi connectivity index (χ3n) is 2.03. The van der Waals surface area contributed by atoms with E-state index in [-0.39, 0.29) is 6.04 Å². The molecule has 0 aliphatic carbocycles. The highest BCUT2D eigenvalue weighted by Gasteiger charge is 2.13. The molecule has 0 aliphatic rings. The van der Waals surface area contributed by atoms with Crippen LogP contribution < -0.4 is 5.73 Å². The van der Waals surface area contributed by atoms with E-state index in [1.807, 2.05) is 17.5 Å². The first-order chi connectivity index (χ1) is 7.16. The van der Waals surface area contributed by atoms with Gasteiger partial charge in [-0.3, -0.25) is 0 Å². The highest BCUT2D eigenvalue weighted by molar-refractivity contribution is 9.11. The quantitative estimate of drug-likeness (QED) is 0.886. The number of hydrogen-bond donors (Lipinski definition) is 1. The lowest BCUT2D eigenvalue weighted by Gasteiger charge is -2.08. The molecule has 0 aliphatic heterocycles. The zero-order chi connectivity index (χ0) is 10.8. The van der Waals surface area contributed by atoms with Crippen molar-refractivity contribution in [3.8, 4) is 0 Å². The molecule has 1 nitrogen and oxygen atoms in total. The minimum atomic E-state index is 0.00282. The molecule has 0 spiro atoms. The van der Waals surface area contributed by atoms with Gasteiger partial charge in [0.05, 0.1) is 8.81 Å². The predicted molar refractivity (Wildman–Crippen MR) is 72.0 cm³/mol. The Morgan fingerprint density at radius 2 is 2.20 bits per heavy atom. The minimum Gasteiger partial charge on any atom is -0.323 e. The van der Waals surface area contributed by atoms with Crippen molar-refractivity contribution < 1.29 is 0 Å². The van der Waals surface area contributed by atoms with E-state index in [1.54, 1.807) is 22.7 Å². The SMILES string of the molecule is NC(Cc1ccc(Br)s1)c1sccc1Cl. The summed E-state index contributed by atoms with van der Waals surface area (Å²) in [5.74, 6) is 0. The minimum absolute atomic E-state index is 0.00282. The second kappa shape index (κ2) is 4.97. The van der Waals surface area contributed by atoms with E-state index < -0.39 is 0 Å². The molecule has 2 heterocycles.